The summed E-state index contributed by atoms with van der Waals surface area (Å²) in [5.41, 5.74) is 0. The average Bonchev–Trinajstić information content (AvgIpc) is 2.06. The molecule has 0 radical (unpaired) electrons. The van der Waals surface area contributed by atoms with Gasteiger partial charge in [0.1, 0.15) is 0 Å². The van der Waals surface area contributed by atoms with Crippen molar-refractivity contribution in [1.29, 1.82) is 0 Å². The van der Waals surface area contributed by atoms with Crippen molar-refractivity contribution in [3.05, 3.63) is 0 Å². The van der Waals surface area contributed by atoms with Crippen molar-refractivity contribution >= 4 is 16.1 Å². The zero-order chi connectivity index (χ0) is 6.97. The van der Waals surface area contributed by atoms with E-state index in [1.165, 1.54) is 32.4 Å². The minimum Gasteiger partial charge on any atom is -0.287 e. The molecule has 0 aromatic carbocycles. The third-order valence-corrected chi connectivity index (χ3v) is 3.30. The van der Waals surface area contributed by atoms with Crippen molar-refractivity contribution in [2.75, 3.05) is 13.1 Å². The first kappa shape index (κ1) is 7.07. The molecule has 3 rings (SSSR count). The van der Waals surface area contributed by atoms with Gasteiger partial charge in [0.05, 0.1) is 6.17 Å². The summed E-state index contributed by atoms with van der Waals surface area (Å²) in [6.07, 6.45) is 4.80. The Morgan fingerprint density at radius 2 is 2.00 bits per heavy atom. The van der Waals surface area contributed by atoms with Gasteiger partial charge in [-0.15, -0.1) is 0 Å². The topological polar surface area (TPSA) is 15.3 Å². The maximum atomic E-state index is 3.32. The second-order valence-electron chi connectivity index (χ2n) is 3.34. The van der Waals surface area contributed by atoms with Gasteiger partial charge in [0.15, 0.2) is 0 Å². The molecule has 3 heteroatoms. The van der Waals surface area contributed by atoms with Crippen molar-refractivity contribution in [1.82, 2.24) is 9.24 Å². The van der Waals surface area contributed by atoms with Crippen LogP contribution in [0.1, 0.15) is 19.3 Å². The summed E-state index contributed by atoms with van der Waals surface area (Å²) < 4.78 is 3.17. The third kappa shape index (κ3) is 1.11. The number of nitrogens with one attached hydrogen (secondary N) is 1. The lowest BCUT2D eigenvalue weighted by molar-refractivity contribution is 0.0465. The van der Waals surface area contributed by atoms with Crippen LogP contribution in [0.15, 0.2) is 0 Å². The Labute approximate surface area is 70.3 Å². The van der Waals surface area contributed by atoms with E-state index in [-0.39, 0.29) is 0 Å². The lowest BCUT2D eigenvalue weighted by Gasteiger charge is -2.44. The minimum absolute atomic E-state index is 0.618. The van der Waals surface area contributed by atoms with E-state index < -0.39 is 0 Å². The molecule has 3 aliphatic rings. The van der Waals surface area contributed by atoms with E-state index in [0.29, 0.717) is 6.17 Å². The summed E-state index contributed by atoms with van der Waals surface area (Å²) in [6.45, 7) is 2.60. The van der Waals surface area contributed by atoms with Crippen LogP contribution in [0.2, 0.25) is 0 Å². The first-order valence-corrected chi connectivity index (χ1v) is 4.79. The maximum absolute atomic E-state index is 3.32. The molecule has 3 aliphatic heterocycles. The highest BCUT2D eigenvalue weighted by Crippen LogP contribution is 2.30. The van der Waals surface area contributed by atoms with E-state index in [1.807, 2.05) is 0 Å². The van der Waals surface area contributed by atoms with Crippen LogP contribution in [-0.2, 0) is 0 Å². The summed E-state index contributed by atoms with van der Waals surface area (Å²) in [5.74, 6) is 1.00. The minimum atomic E-state index is 0.618. The highest BCUT2D eigenvalue weighted by atomic mass is 79.9. The van der Waals surface area contributed by atoms with Gasteiger partial charge >= 0.3 is 0 Å². The van der Waals surface area contributed by atoms with Gasteiger partial charge < -0.3 is 0 Å². The molecule has 0 spiro atoms. The molecule has 1 atom stereocenters. The van der Waals surface area contributed by atoms with Crippen molar-refractivity contribution in [3.63, 3.8) is 0 Å². The zero-order valence-electron chi connectivity index (χ0n) is 6.02. The monoisotopic (exact) mass is 204 g/mol. The van der Waals surface area contributed by atoms with Gasteiger partial charge in [0.25, 0.3) is 0 Å². The highest BCUT2D eigenvalue weighted by Gasteiger charge is 2.32. The summed E-state index contributed by atoms with van der Waals surface area (Å²) in [5, 5.41) is 0. The van der Waals surface area contributed by atoms with Gasteiger partial charge in [-0.1, -0.05) is 0 Å². The fourth-order valence-electron chi connectivity index (χ4n) is 2.08. The lowest BCUT2D eigenvalue weighted by Crippen LogP contribution is -2.52. The Balaban J connectivity index is 2.01. The number of fused-ring (bicyclic) bond motifs is 3. The molecule has 3 saturated heterocycles. The maximum Gasteiger partial charge on any atom is 0.0698 e. The Kier molecular flexibility index (Phi) is 1.98. The molecule has 0 saturated carbocycles. The van der Waals surface area contributed by atoms with Crippen molar-refractivity contribution in [2.24, 2.45) is 5.92 Å². The van der Waals surface area contributed by atoms with Crippen LogP contribution < -0.4 is 4.34 Å². The first-order valence-electron chi connectivity index (χ1n) is 4.00. The third-order valence-electron chi connectivity index (χ3n) is 2.77. The number of piperidine rings is 3. The van der Waals surface area contributed by atoms with Crippen LogP contribution in [0.25, 0.3) is 0 Å². The number of nitrogens with zero attached hydrogens (tertiary/aromatic N) is 1. The lowest BCUT2D eigenvalue weighted by atomic mass is 9.87. The summed E-state index contributed by atoms with van der Waals surface area (Å²) in [4.78, 5) is 2.52. The second kappa shape index (κ2) is 2.80. The molecule has 1 N–H and O–H groups in total. The Morgan fingerprint density at radius 1 is 1.30 bits per heavy atom. The molecule has 1 unspecified atom stereocenters. The average molecular weight is 205 g/mol. The fourth-order valence-corrected chi connectivity index (χ4v) is 2.56. The molecular weight excluding hydrogens is 192 g/mol. The summed E-state index contributed by atoms with van der Waals surface area (Å²) in [7, 11) is 0. The molecule has 0 aliphatic carbocycles. The van der Waals surface area contributed by atoms with Crippen LogP contribution in [-0.4, -0.2) is 24.2 Å². The molecule has 10 heavy (non-hydrogen) atoms. The Hall–Kier alpha value is 0.400. The number of hydrogen-bond donors (Lipinski definition) is 1. The Bertz CT molecular complexity index is 121. The molecule has 0 amide bonds. The van der Waals surface area contributed by atoms with Crippen molar-refractivity contribution in [3.8, 4) is 0 Å². The van der Waals surface area contributed by atoms with Crippen LogP contribution >= 0.6 is 16.1 Å². The molecular formula is C7H13BrN2. The predicted molar refractivity (Wildman–Crippen MR) is 44.8 cm³/mol. The summed E-state index contributed by atoms with van der Waals surface area (Å²) >= 11 is 3.32. The van der Waals surface area contributed by atoms with Gasteiger partial charge in [0.2, 0.25) is 0 Å². The van der Waals surface area contributed by atoms with Crippen LogP contribution in [0, 0.1) is 5.92 Å². The summed E-state index contributed by atoms with van der Waals surface area (Å²) in [6, 6.07) is 0. The van der Waals surface area contributed by atoms with Gasteiger partial charge in [-0.3, -0.25) is 4.90 Å². The largest absolute Gasteiger partial charge is 0.287 e. The first-order chi connectivity index (χ1) is 4.90. The normalized spacial score (nSPS) is 45.9. The number of halogens is 1. The van der Waals surface area contributed by atoms with E-state index in [2.05, 4.69) is 25.4 Å². The zero-order valence-corrected chi connectivity index (χ0v) is 7.60. The van der Waals surface area contributed by atoms with E-state index in [0.717, 1.165) is 5.92 Å². The quantitative estimate of drug-likeness (QED) is 0.649. The standard InChI is InChI=1S/C7H13BrN2/c8-9-7-5-6-1-3-10(7)4-2-6/h6-7,9H,1-5H2. The van der Waals surface area contributed by atoms with E-state index in [9.17, 15) is 0 Å². The molecule has 58 valence electrons. The number of hydrogen-bond acceptors (Lipinski definition) is 2. The van der Waals surface area contributed by atoms with E-state index >= 15 is 0 Å². The van der Waals surface area contributed by atoms with E-state index in [1.54, 1.807) is 0 Å². The van der Waals surface area contributed by atoms with Crippen LogP contribution in [0.3, 0.4) is 0 Å². The second-order valence-corrected chi connectivity index (χ2v) is 3.80. The molecule has 0 aromatic heterocycles. The van der Waals surface area contributed by atoms with Crippen molar-refractivity contribution in [2.45, 2.75) is 25.4 Å². The number of rotatable bonds is 1. The van der Waals surface area contributed by atoms with E-state index in [4.69, 9.17) is 0 Å². The van der Waals surface area contributed by atoms with Crippen molar-refractivity contribution < 1.29 is 0 Å². The Morgan fingerprint density at radius 3 is 2.30 bits per heavy atom. The molecule has 3 heterocycles. The molecule has 2 nitrogen and oxygen atoms in total. The highest BCUT2D eigenvalue weighted by molar-refractivity contribution is 9.08. The van der Waals surface area contributed by atoms with Gasteiger partial charge in [0, 0.05) is 16.1 Å². The fraction of sp³-hybridized carbons (Fsp3) is 1.00. The van der Waals surface area contributed by atoms with Gasteiger partial charge in [-0.05, 0) is 38.3 Å². The predicted octanol–water partition coefficient (Wildman–Crippen LogP) is 1.33. The van der Waals surface area contributed by atoms with Crippen LogP contribution in [0.4, 0.5) is 0 Å². The molecule has 0 aromatic rings. The SMILES string of the molecule is BrNC1CC2CCN1CC2. The van der Waals surface area contributed by atoms with Crippen LogP contribution in [0.5, 0.6) is 0 Å². The molecule has 2 bridgehead atoms. The smallest absolute Gasteiger partial charge is 0.0698 e. The van der Waals surface area contributed by atoms with Gasteiger partial charge in [-0.25, -0.2) is 4.34 Å². The molecule has 3 fully saturated rings. The van der Waals surface area contributed by atoms with Gasteiger partial charge in [-0.2, -0.15) is 0 Å².